The zero-order valence-electron chi connectivity index (χ0n) is 9.65. The van der Waals surface area contributed by atoms with E-state index in [9.17, 15) is 14.3 Å². The first-order valence-electron chi connectivity index (χ1n) is 4.80. The number of ether oxygens (including phenoxy) is 2. The van der Waals surface area contributed by atoms with Crippen LogP contribution in [0.1, 0.15) is 18.4 Å². The molecule has 17 heavy (non-hydrogen) atoms. The number of carboxylic acids is 1. The van der Waals surface area contributed by atoms with Crippen LogP contribution in [0.2, 0.25) is 0 Å². The van der Waals surface area contributed by atoms with Gasteiger partial charge in [-0.2, -0.15) is 0 Å². The number of halogens is 1. The van der Waals surface area contributed by atoms with E-state index in [1.165, 1.54) is 21.1 Å². The van der Waals surface area contributed by atoms with Crippen molar-refractivity contribution >= 4 is 5.97 Å². The van der Waals surface area contributed by atoms with E-state index >= 15 is 0 Å². The zero-order chi connectivity index (χ0) is 13.2. The maximum absolute atomic E-state index is 13.7. The van der Waals surface area contributed by atoms with Crippen LogP contribution in [-0.2, 0) is 4.79 Å². The lowest BCUT2D eigenvalue weighted by molar-refractivity contribution is -0.138. The van der Waals surface area contributed by atoms with Gasteiger partial charge in [0, 0.05) is 6.07 Å². The van der Waals surface area contributed by atoms with Crippen molar-refractivity contribution in [3.8, 4) is 17.2 Å². The molecule has 0 amide bonds. The third-order valence-electron chi connectivity index (χ3n) is 2.43. The van der Waals surface area contributed by atoms with Gasteiger partial charge < -0.3 is 19.7 Å². The predicted octanol–water partition coefficient (Wildman–Crippen LogP) is 1.74. The van der Waals surface area contributed by atoms with E-state index < -0.39 is 23.5 Å². The summed E-state index contributed by atoms with van der Waals surface area (Å²) >= 11 is 0. The van der Waals surface area contributed by atoms with Crippen LogP contribution in [0.5, 0.6) is 17.2 Å². The average Bonchev–Trinajstić information content (AvgIpc) is 2.30. The van der Waals surface area contributed by atoms with Crippen molar-refractivity contribution in [1.82, 2.24) is 0 Å². The van der Waals surface area contributed by atoms with Crippen LogP contribution in [0.4, 0.5) is 4.39 Å². The van der Waals surface area contributed by atoms with Crippen LogP contribution in [0.15, 0.2) is 6.07 Å². The van der Waals surface area contributed by atoms with Gasteiger partial charge in [0.25, 0.3) is 0 Å². The Kier molecular flexibility index (Phi) is 3.77. The quantitative estimate of drug-likeness (QED) is 0.843. The summed E-state index contributed by atoms with van der Waals surface area (Å²) in [7, 11) is 2.58. The second kappa shape index (κ2) is 4.90. The molecule has 0 radical (unpaired) electrons. The normalized spacial score (nSPS) is 12.0. The van der Waals surface area contributed by atoms with Gasteiger partial charge in [-0.3, -0.25) is 4.79 Å². The van der Waals surface area contributed by atoms with E-state index in [1.807, 2.05) is 0 Å². The fraction of sp³-hybridized carbons (Fsp3) is 0.364. The molecule has 0 saturated heterocycles. The molecule has 0 aliphatic carbocycles. The zero-order valence-corrected chi connectivity index (χ0v) is 9.65. The molecule has 5 nitrogen and oxygen atoms in total. The predicted molar refractivity (Wildman–Crippen MR) is 57.2 cm³/mol. The monoisotopic (exact) mass is 244 g/mol. The first kappa shape index (κ1) is 13.1. The Hall–Kier alpha value is -1.98. The molecule has 1 rings (SSSR count). The van der Waals surface area contributed by atoms with Gasteiger partial charge in [0.05, 0.1) is 25.7 Å². The highest BCUT2D eigenvalue weighted by atomic mass is 19.1. The lowest BCUT2D eigenvalue weighted by Crippen LogP contribution is -2.12. The number of hydrogen-bond acceptors (Lipinski definition) is 4. The summed E-state index contributed by atoms with van der Waals surface area (Å²) in [4.78, 5) is 10.9. The third-order valence-corrected chi connectivity index (χ3v) is 2.43. The van der Waals surface area contributed by atoms with Gasteiger partial charge in [-0.1, -0.05) is 0 Å². The molecule has 0 bridgehead atoms. The van der Waals surface area contributed by atoms with Crippen molar-refractivity contribution < 1.29 is 28.9 Å². The summed E-state index contributed by atoms with van der Waals surface area (Å²) < 4.78 is 23.6. The number of phenolic OH excluding ortho intramolecular Hbond substituents is 1. The van der Waals surface area contributed by atoms with Crippen LogP contribution < -0.4 is 9.47 Å². The molecular formula is C11H13FO5. The number of carboxylic acid groups (broad SMARTS) is 1. The molecule has 0 fully saturated rings. The van der Waals surface area contributed by atoms with Crippen molar-refractivity contribution in [1.29, 1.82) is 0 Å². The summed E-state index contributed by atoms with van der Waals surface area (Å²) in [6.45, 7) is 1.29. The van der Waals surface area contributed by atoms with E-state index in [4.69, 9.17) is 14.6 Å². The molecule has 0 aliphatic heterocycles. The Morgan fingerprint density at radius 1 is 1.41 bits per heavy atom. The minimum atomic E-state index is -1.23. The molecule has 2 N–H and O–H groups in total. The highest BCUT2D eigenvalue weighted by molar-refractivity contribution is 5.78. The SMILES string of the molecule is COc1cc(O)c(F)c(C(C)C(=O)O)c1OC. The highest BCUT2D eigenvalue weighted by Crippen LogP contribution is 2.41. The van der Waals surface area contributed by atoms with Gasteiger partial charge in [0.2, 0.25) is 0 Å². The van der Waals surface area contributed by atoms with E-state index in [0.29, 0.717) is 0 Å². The summed E-state index contributed by atoms with van der Waals surface area (Å²) in [6, 6.07) is 1.03. The molecule has 6 heteroatoms. The van der Waals surface area contributed by atoms with Crippen molar-refractivity contribution in [3.63, 3.8) is 0 Å². The summed E-state index contributed by atoms with van der Waals surface area (Å²) in [5.74, 6) is -4.03. The Balaban J connectivity index is 3.53. The third kappa shape index (κ3) is 2.25. The Morgan fingerprint density at radius 2 is 2.00 bits per heavy atom. The maximum atomic E-state index is 13.7. The number of aromatic hydroxyl groups is 1. The van der Waals surface area contributed by atoms with E-state index in [1.54, 1.807) is 0 Å². The average molecular weight is 244 g/mol. The standard InChI is InChI=1S/C11H13FO5/c1-5(11(14)15)8-9(12)6(13)4-7(16-2)10(8)17-3/h4-5,13H,1-3H3,(H,14,15). The second-order valence-electron chi connectivity index (χ2n) is 3.42. The Bertz CT molecular complexity index is 444. The van der Waals surface area contributed by atoms with Gasteiger partial charge >= 0.3 is 5.97 Å². The first-order chi connectivity index (χ1) is 7.93. The summed E-state index contributed by atoms with van der Waals surface area (Å²) in [5, 5.41) is 18.2. The molecule has 0 aliphatic rings. The molecule has 0 saturated carbocycles. The fourth-order valence-electron chi connectivity index (χ4n) is 1.50. The van der Waals surface area contributed by atoms with Gasteiger partial charge in [0.15, 0.2) is 23.1 Å². The summed E-state index contributed by atoms with van der Waals surface area (Å²) in [5.41, 5.74) is -0.239. The molecule has 0 spiro atoms. The van der Waals surface area contributed by atoms with Crippen LogP contribution in [0, 0.1) is 5.82 Å². The van der Waals surface area contributed by atoms with Gasteiger partial charge in [-0.25, -0.2) is 4.39 Å². The first-order valence-corrected chi connectivity index (χ1v) is 4.80. The molecule has 0 aromatic heterocycles. The van der Waals surface area contributed by atoms with Gasteiger partial charge in [-0.05, 0) is 6.92 Å². The summed E-state index contributed by atoms with van der Waals surface area (Å²) in [6.07, 6.45) is 0. The molecular weight excluding hydrogens is 231 g/mol. The lowest BCUT2D eigenvalue weighted by Gasteiger charge is -2.17. The lowest BCUT2D eigenvalue weighted by atomic mass is 9.98. The topological polar surface area (TPSA) is 76.0 Å². The Labute approximate surface area is 97.4 Å². The molecule has 1 unspecified atom stereocenters. The van der Waals surface area contributed by atoms with Crippen molar-refractivity contribution in [3.05, 3.63) is 17.4 Å². The minimum Gasteiger partial charge on any atom is -0.505 e. The minimum absolute atomic E-state index is 0.0299. The smallest absolute Gasteiger partial charge is 0.310 e. The fourth-order valence-corrected chi connectivity index (χ4v) is 1.50. The largest absolute Gasteiger partial charge is 0.505 e. The van der Waals surface area contributed by atoms with E-state index in [-0.39, 0.29) is 17.1 Å². The van der Waals surface area contributed by atoms with Crippen molar-refractivity contribution in [2.24, 2.45) is 0 Å². The molecule has 1 atom stereocenters. The van der Waals surface area contributed by atoms with Crippen LogP contribution in [-0.4, -0.2) is 30.4 Å². The van der Waals surface area contributed by atoms with Gasteiger partial charge in [-0.15, -0.1) is 0 Å². The van der Waals surface area contributed by atoms with Crippen molar-refractivity contribution in [2.45, 2.75) is 12.8 Å². The highest BCUT2D eigenvalue weighted by Gasteiger charge is 2.27. The number of rotatable bonds is 4. The molecule has 0 heterocycles. The number of hydrogen-bond donors (Lipinski definition) is 2. The van der Waals surface area contributed by atoms with E-state index in [2.05, 4.69) is 0 Å². The Morgan fingerprint density at radius 3 is 2.41 bits per heavy atom. The van der Waals surface area contributed by atoms with Crippen LogP contribution in [0.25, 0.3) is 0 Å². The second-order valence-corrected chi connectivity index (χ2v) is 3.42. The van der Waals surface area contributed by atoms with Crippen LogP contribution in [0.3, 0.4) is 0 Å². The number of carbonyl (C=O) groups is 1. The van der Waals surface area contributed by atoms with Gasteiger partial charge in [0.1, 0.15) is 0 Å². The molecule has 1 aromatic carbocycles. The number of aliphatic carboxylic acids is 1. The maximum Gasteiger partial charge on any atom is 0.310 e. The van der Waals surface area contributed by atoms with Crippen LogP contribution >= 0.6 is 0 Å². The number of benzene rings is 1. The van der Waals surface area contributed by atoms with E-state index in [0.717, 1.165) is 6.07 Å². The number of phenols is 1. The number of methoxy groups -OCH3 is 2. The van der Waals surface area contributed by atoms with Crippen molar-refractivity contribution in [2.75, 3.05) is 14.2 Å². The molecule has 1 aromatic rings. The molecule has 94 valence electrons.